The number of piperidine rings is 2. The molecule has 47 heavy (non-hydrogen) atoms. The van der Waals surface area contributed by atoms with Gasteiger partial charge in [0.2, 0.25) is 0 Å². The molecule has 1 aromatic carbocycles. The predicted octanol–water partition coefficient (Wildman–Crippen LogP) is 5.81. The Labute approximate surface area is 279 Å². The maximum atomic E-state index is 14.7. The van der Waals surface area contributed by atoms with Crippen LogP contribution in [0.15, 0.2) is 35.9 Å². The van der Waals surface area contributed by atoms with Crippen molar-refractivity contribution in [1.82, 2.24) is 9.80 Å². The molecule has 5 rings (SSSR count). The van der Waals surface area contributed by atoms with E-state index in [1.54, 1.807) is 0 Å². The lowest BCUT2D eigenvalue weighted by atomic mass is 9.91. The molecule has 10 heteroatoms. The van der Waals surface area contributed by atoms with E-state index >= 15 is 0 Å². The molecule has 0 aliphatic carbocycles. The van der Waals surface area contributed by atoms with Gasteiger partial charge in [0.05, 0.1) is 25.7 Å². The first kappa shape index (κ1) is 35.4. The SMILES string of the molecule is C/C(=C\c1cc(F)cc(N2CCOCC2)c1)[C@H]1OC(=O)C[C@H](O)CC[C@H](C)[C@@H](OC(=O)N2CCC(N3CCCCC3)CC2)/C=C/[C@@H]1C. The molecule has 0 spiro atoms. The Morgan fingerprint density at radius 2 is 1.68 bits per heavy atom. The monoisotopic (exact) mass is 655 g/mol. The van der Waals surface area contributed by atoms with Gasteiger partial charge in [-0.3, -0.25) is 4.79 Å². The number of aliphatic hydroxyl groups is 1. The molecule has 5 atom stereocenters. The lowest BCUT2D eigenvalue weighted by Gasteiger charge is -2.40. The highest BCUT2D eigenvalue weighted by atomic mass is 19.1. The van der Waals surface area contributed by atoms with Gasteiger partial charge in [-0.2, -0.15) is 0 Å². The number of halogens is 1. The van der Waals surface area contributed by atoms with Crippen molar-refractivity contribution in [2.24, 2.45) is 11.8 Å². The van der Waals surface area contributed by atoms with Crippen LogP contribution in [0.5, 0.6) is 0 Å². The third-order valence-corrected chi connectivity index (χ3v) is 10.2. The number of ether oxygens (including phenoxy) is 3. The fourth-order valence-electron chi connectivity index (χ4n) is 7.37. The molecule has 4 heterocycles. The zero-order valence-electron chi connectivity index (χ0n) is 28.4. The van der Waals surface area contributed by atoms with Crippen LogP contribution in [-0.4, -0.2) is 104 Å². The Hall–Kier alpha value is -2.95. The second-order valence-corrected chi connectivity index (χ2v) is 14.0. The van der Waals surface area contributed by atoms with Gasteiger partial charge in [0.25, 0.3) is 0 Å². The van der Waals surface area contributed by atoms with E-state index in [9.17, 15) is 19.1 Å². The number of anilines is 1. The highest BCUT2D eigenvalue weighted by Gasteiger charge is 2.31. The number of morpholine rings is 1. The van der Waals surface area contributed by atoms with Gasteiger partial charge in [-0.15, -0.1) is 0 Å². The van der Waals surface area contributed by atoms with Crippen molar-refractivity contribution in [3.63, 3.8) is 0 Å². The van der Waals surface area contributed by atoms with E-state index in [4.69, 9.17) is 14.2 Å². The van der Waals surface area contributed by atoms with E-state index in [0.717, 1.165) is 37.2 Å². The van der Waals surface area contributed by atoms with Crippen LogP contribution in [0.25, 0.3) is 6.08 Å². The highest BCUT2D eigenvalue weighted by molar-refractivity contribution is 5.71. The zero-order chi connectivity index (χ0) is 33.3. The highest BCUT2D eigenvalue weighted by Crippen LogP contribution is 2.28. The summed E-state index contributed by atoms with van der Waals surface area (Å²) >= 11 is 0. The van der Waals surface area contributed by atoms with Crippen molar-refractivity contribution in [2.75, 3.05) is 57.4 Å². The number of hydrogen-bond donors (Lipinski definition) is 1. The molecule has 4 aliphatic heterocycles. The van der Waals surface area contributed by atoms with Crippen LogP contribution >= 0.6 is 0 Å². The van der Waals surface area contributed by atoms with Gasteiger partial charge >= 0.3 is 12.1 Å². The van der Waals surface area contributed by atoms with E-state index < -0.39 is 24.3 Å². The number of carbonyl (C=O) groups is 2. The van der Waals surface area contributed by atoms with Gasteiger partial charge in [0.1, 0.15) is 18.0 Å². The molecule has 3 saturated heterocycles. The summed E-state index contributed by atoms with van der Waals surface area (Å²) in [6.45, 7) is 12.1. The molecule has 0 unspecified atom stereocenters. The van der Waals surface area contributed by atoms with Gasteiger partial charge in [-0.1, -0.05) is 32.4 Å². The van der Waals surface area contributed by atoms with Gasteiger partial charge in [0.15, 0.2) is 0 Å². The first-order valence-electron chi connectivity index (χ1n) is 17.7. The third-order valence-electron chi connectivity index (χ3n) is 10.2. The average molecular weight is 656 g/mol. The van der Waals surface area contributed by atoms with Crippen molar-refractivity contribution in [1.29, 1.82) is 0 Å². The van der Waals surface area contributed by atoms with Crippen LogP contribution in [0, 0.1) is 17.7 Å². The van der Waals surface area contributed by atoms with E-state index in [2.05, 4.69) is 9.80 Å². The Morgan fingerprint density at radius 3 is 2.40 bits per heavy atom. The Bertz CT molecular complexity index is 1250. The molecule has 260 valence electrons. The molecule has 4 aliphatic rings. The number of amides is 1. The topological polar surface area (TPSA) is 91.8 Å². The molecule has 1 aromatic rings. The zero-order valence-corrected chi connectivity index (χ0v) is 28.4. The van der Waals surface area contributed by atoms with Gasteiger partial charge < -0.3 is 34.0 Å². The summed E-state index contributed by atoms with van der Waals surface area (Å²) in [7, 11) is 0. The van der Waals surface area contributed by atoms with Crippen molar-refractivity contribution in [3.05, 3.63) is 47.3 Å². The first-order valence-corrected chi connectivity index (χ1v) is 17.7. The van der Waals surface area contributed by atoms with Gasteiger partial charge in [-0.25, -0.2) is 9.18 Å². The molecule has 0 bridgehead atoms. The van der Waals surface area contributed by atoms with Crippen LogP contribution in [-0.2, 0) is 19.0 Å². The standard InChI is InChI=1S/C37H54FN3O6/c1-26-7-9-33(42)25-35(43)47-36(28(3)21-29-22-30(38)24-32(23-29)40-17-19-45-20-18-40)27(2)8-10-34(26)46-37(44)41-15-11-31(12-16-41)39-13-5-4-6-14-39/h8,10,21-24,26-27,31,33-34,36,42H,4-7,9,11-20,25H2,1-3H3/b10-8+,28-21+/t26-,27-,33+,34-,36-/m0/s1. The summed E-state index contributed by atoms with van der Waals surface area (Å²) in [4.78, 5) is 32.8. The number of hydrogen-bond acceptors (Lipinski definition) is 8. The fraction of sp³-hybridized carbons (Fsp3) is 0.676. The molecular formula is C37H54FN3O6. The summed E-state index contributed by atoms with van der Waals surface area (Å²) in [5, 5.41) is 10.7. The largest absolute Gasteiger partial charge is 0.457 e. The van der Waals surface area contributed by atoms with Crippen molar-refractivity contribution in [2.45, 2.75) is 96.5 Å². The molecule has 0 radical (unpaired) electrons. The van der Waals surface area contributed by atoms with Crippen LogP contribution < -0.4 is 4.90 Å². The number of rotatable bonds is 5. The number of aliphatic hydroxyl groups excluding tert-OH is 1. The van der Waals surface area contributed by atoms with E-state index in [0.29, 0.717) is 63.8 Å². The average Bonchev–Trinajstić information content (AvgIpc) is 3.07. The number of carbonyl (C=O) groups excluding carboxylic acids is 2. The maximum absolute atomic E-state index is 14.7. The third kappa shape index (κ3) is 10.0. The first-order chi connectivity index (χ1) is 22.7. The van der Waals surface area contributed by atoms with Crippen LogP contribution in [0.3, 0.4) is 0 Å². The van der Waals surface area contributed by atoms with E-state index in [-0.39, 0.29) is 30.2 Å². The lowest BCUT2D eigenvalue weighted by Crippen LogP contribution is -2.48. The molecule has 3 fully saturated rings. The van der Waals surface area contributed by atoms with Crippen molar-refractivity contribution >= 4 is 23.8 Å². The molecule has 0 aromatic heterocycles. The molecule has 9 nitrogen and oxygen atoms in total. The minimum Gasteiger partial charge on any atom is -0.457 e. The Balaban J connectivity index is 1.29. The summed E-state index contributed by atoms with van der Waals surface area (Å²) in [6, 6.07) is 5.48. The predicted molar refractivity (Wildman–Crippen MR) is 181 cm³/mol. The number of likely N-dealkylation sites (tertiary alicyclic amines) is 2. The number of nitrogens with zero attached hydrogens (tertiary/aromatic N) is 3. The van der Waals surface area contributed by atoms with Crippen LogP contribution in [0.2, 0.25) is 0 Å². The second-order valence-electron chi connectivity index (χ2n) is 14.0. The van der Waals surface area contributed by atoms with Crippen LogP contribution in [0.1, 0.15) is 77.7 Å². The molecule has 0 saturated carbocycles. The second kappa shape index (κ2) is 16.9. The van der Waals surface area contributed by atoms with Gasteiger partial charge in [-0.05, 0) is 99.9 Å². The van der Waals surface area contributed by atoms with Crippen molar-refractivity contribution < 1.29 is 33.3 Å². The van der Waals surface area contributed by atoms with E-state index in [1.807, 2.05) is 50.0 Å². The number of benzene rings is 1. The smallest absolute Gasteiger partial charge is 0.410 e. The summed E-state index contributed by atoms with van der Waals surface area (Å²) in [5.74, 6) is -1.14. The van der Waals surface area contributed by atoms with Crippen molar-refractivity contribution in [3.8, 4) is 0 Å². The summed E-state index contributed by atoms with van der Waals surface area (Å²) < 4.78 is 32.3. The number of esters is 1. The molecular weight excluding hydrogens is 601 g/mol. The normalized spacial score (nSPS) is 30.2. The summed E-state index contributed by atoms with van der Waals surface area (Å²) in [6.07, 6.45) is 10.0. The Kier molecular flexibility index (Phi) is 12.7. The van der Waals surface area contributed by atoms with E-state index in [1.165, 1.54) is 31.4 Å². The maximum Gasteiger partial charge on any atom is 0.410 e. The number of cyclic esters (lactones) is 1. The summed E-state index contributed by atoms with van der Waals surface area (Å²) in [5.41, 5.74) is 2.21. The lowest BCUT2D eigenvalue weighted by molar-refractivity contribution is -0.151. The minimum atomic E-state index is -0.863. The minimum absolute atomic E-state index is 0.0561. The molecule has 1 N–H and O–H groups in total. The van der Waals surface area contributed by atoms with Gasteiger partial charge in [0, 0.05) is 43.8 Å². The Morgan fingerprint density at radius 1 is 0.957 bits per heavy atom. The fourth-order valence-corrected chi connectivity index (χ4v) is 7.37. The molecule has 1 amide bonds. The van der Waals surface area contributed by atoms with Crippen LogP contribution in [0.4, 0.5) is 14.9 Å². The quantitative estimate of drug-likeness (QED) is 0.314.